The van der Waals surface area contributed by atoms with E-state index in [1.807, 2.05) is 0 Å². The van der Waals surface area contributed by atoms with Crippen LogP contribution in [0, 0.1) is 5.92 Å². The fraction of sp³-hybridized carbons (Fsp3) is 0.810. The van der Waals surface area contributed by atoms with E-state index in [2.05, 4.69) is 26.8 Å². The second-order valence-corrected chi connectivity index (χ2v) is 12.8. The number of nitrogens with zero attached hydrogens (tertiary/aromatic N) is 2. The van der Waals surface area contributed by atoms with Gasteiger partial charge in [0.25, 0.3) is 10.0 Å². The van der Waals surface area contributed by atoms with Gasteiger partial charge in [-0.25, -0.2) is 22.9 Å². The SMILES string of the molecule is CC1CCC(N(C(=O)Nc2ncc(S(=O)(=O)NC(C)(C)C)s2)C2CCCCC2)CC1. The molecule has 0 radical (unpaired) electrons. The molecule has 2 fully saturated rings. The Morgan fingerprint density at radius 2 is 1.67 bits per heavy atom. The average Bonchev–Trinajstić information content (AvgIpc) is 3.12. The van der Waals surface area contributed by atoms with Gasteiger partial charge in [-0.15, -0.1) is 0 Å². The van der Waals surface area contributed by atoms with Crippen LogP contribution in [0.3, 0.4) is 0 Å². The number of hydrogen-bond acceptors (Lipinski definition) is 5. The Kier molecular flexibility index (Phi) is 7.45. The van der Waals surface area contributed by atoms with Gasteiger partial charge in [0.05, 0.1) is 6.20 Å². The van der Waals surface area contributed by atoms with Gasteiger partial charge >= 0.3 is 6.03 Å². The predicted octanol–water partition coefficient (Wildman–Crippen LogP) is 4.97. The summed E-state index contributed by atoms with van der Waals surface area (Å²) in [4.78, 5) is 19.5. The summed E-state index contributed by atoms with van der Waals surface area (Å²) in [6, 6.07) is 0.390. The second-order valence-electron chi connectivity index (χ2n) is 9.88. The zero-order valence-electron chi connectivity index (χ0n) is 18.6. The fourth-order valence-electron chi connectivity index (χ4n) is 4.56. The molecule has 9 heteroatoms. The highest BCUT2D eigenvalue weighted by Gasteiger charge is 2.34. The van der Waals surface area contributed by atoms with Gasteiger partial charge in [-0.2, -0.15) is 0 Å². The molecule has 0 atom stereocenters. The van der Waals surface area contributed by atoms with Crippen molar-refractivity contribution in [3.8, 4) is 0 Å². The zero-order valence-corrected chi connectivity index (χ0v) is 20.2. The molecule has 0 unspecified atom stereocenters. The maximum absolute atomic E-state index is 13.3. The summed E-state index contributed by atoms with van der Waals surface area (Å²) in [5.74, 6) is 0.722. The van der Waals surface area contributed by atoms with E-state index >= 15 is 0 Å². The third kappa shape index (κ3) is 6.17. The van der Waals surface area contributed by atoms with Crippen LogP contribution < -0.4 is 10.0 Å². The monoisotopic (exact) mass is 456 g/mol. The van der Waals surface area contributed by atoms with Gasteiger partial charge < -0.3 is 4.90 Å². The lowest BCUT2D eigenvalue weighted by molar-refractivity contribution is 0.105. The predicted molar refractivity (Wildman–Crippen MR) is 121 cm³/mol. The molecule has 1 heterocycles. The van der Waals surface area contributed by atoms with Crippen LogP contribution >= 0.6 is 11.3 Å². The summed E-state index contributed by atoms with van der Waals surface area (Å²) < 4.78 is 27.8. The first-order valence-electron chi connectivity index (χ1n) is 11.1. The molecule has 0 bridgehead atoms. The number of thiazole rings is 1. The molecule has 7 nitrogen and oxygen atoms in total. The van der Waals surface area contributed by atoms with Crippen molar-refractivity contribution >= 4 is 32.5 Å². The van der Waals surface area contributed by atoms with Crippen molar-refractivity contribution in [2.45, 2.75) is 107 Å². The number of carbonyl (C=O) groups is 1. The van der Waals surface area contributed by atoms with E-state index in [1.54, 1.807) is 20.8 Å². The topological polar surface area (TPSA) is 91.4 Å². The normalized spacial score (nSPS) is 23.9. The molecule has 3 rings (SSSR count). The van der Waals surface area contributed by atoms with Gasteiger partial charge in [0.15, 0.2) is 9.34 Å². The van der Waals surface area contributed by atoms with E-state index in [9.17, 15) is 13.2 Å². The summed E-state index contributed by atoms with van der Waals surface area (Å²) in [5.41, 5.74) is -0.581. The average molecular weight is 457 g/mol. The number of sulfonamides is 1. The smallest absolute Gasteiger partial charge is 0.319 e. The van der Waals surface area contributed by atoms with Crippen molar-refractivity contribution in [1.29, 1.82) is 0 Å². The van der Waals surface area contributed by atoms with Crippen molar-refractivity contribution in [3.05, 3.63) is 6.20 Å². The summed E-state index contributed by atoms with van der Waals surface area (Å²) in [7, 11) is -3.66. The number of anilines is 1. The van der Waals surface area contributed by atoms with E-state index < -0.39 is 15.6 Å². The van der Waals surface area contributed by atoms with Crippen LogP contribution in [-0.4, -0.2) is 42.0 Å². The summed E-state index contributed by atoms with van der Waals surface area (Å²) in [6.45, 7) is 7.66. The highest BCUT2D eigenvalue weighted by atomic mass is 32.2. The van der Waals surface area contributed by atoms with E-state index in [0.29, 0.717) is 5.13 Å². The molecule has 0 aliphatic heterocycles. The number of hydrogen-bond donors (Lipinski definition) is 2. The standard InChI is InChI=1S/C21H36N4O3S2/c1-15-10-12-17(13-11-15)25(16-8-6-5-7-9-16)20(26)23-19-22-14-18(29-19)30(27,28)24-21(2,3)4/h14-17,24H,5-13H2,1-4H3,(H,22,23,26). The number of amides is 2. The number of nitrogens with one attached hydrogen (secondary N) is 2. The van der Waals surface area contributed by atoms with Crippen molar-refractivity contribution in [2.24, 2.45) is 5.92 Å². The van der Waals surface area contributed by atoms with Gasteiger partial charge in [0, 0.05) is 17.6 Å². The van der Waals surface area contributed by atoms with Gasteiger partial charge in [0.2, 0.25) is 0 Å². The first-order chi connectivity index (χ1) is 14.0. The molecular formula is C21H36N4O3S2. The second kappa shape index (κ2) is 9.53. The third-order valence-corrected chi connectivity index (χ3v) is 9.12. The molecule has 2 amide bonds. The first kappa shape index (κ1) is 23.5. The van der Waals surface area contributed by atoms with Crippen LogP contribution in [0.5, 0.6) is 0 Å². The minimum Gasteiger partial charge on any atom is -0.319 e. The minimum absolute atomic E-state index is 0.114. The lowest BCUT2D eigenvalue weighted by Gasteiger charge is -2.42. The number of aromatic nitrogens is 1. The van der Waals surface area contributed by atoms with Gasteiger partial charge in [-0.3, -0.25) is 5.32 Å². The molecule has 2 aliphatic carbocycles. The summed E-state index contributed by atoms with van der Waals surface area (Å²) in [5, 5.41) is 3.24. The molecule has 2 aliphatic rings. The third-order valence-electron chi connectivity index (χ3n) is 5.99. The van der Waals surface area contributed by atoms with Crippen LogP contribution in [-0.2, 0) is 10.0 Å². The quantitative estimate of drug-likeness (QED) is 0.655. The molecule has 2 N–H and O–H groups in total. The van der Waals surface area contributed by atoms with Gasteiger partial charge in [-0.05, 0) is 65.2 Å². The lowest BCUT2D eigenvalue weighted by atomic mass is 9.84. The Hall–Kier alpha value is -1.19. The highest BCUT2D eigenvalue weighted by Crippen LogP contribution is 2.33. The van der Waals surface area contributed by atoms with Crippen molar-refractivity contribution in [2.75, 3.05) is 5.32 Å². The van der Waals surface area contributed by atoms with Crippen molar-refractivity contribution in [1.82, 2.24) is 14.6 Å². The zero-order chi connectivity index (χ0) is 21.9. The number of rotatable bonds is 5. The highest BCUT2D eigenvalue weighted by molar-refractivity contribution is 7.91. The summed E-state index contributed by atoms with van der Waals surface area (Å²) >= 11 is 1.000. The van der Waals surface area contributed by atoms with Crippen LogP contribution in [0.25, 0.3) is 0 Å². The van der Waals surface area contributed by atoms with E-state index in [0.717, 1.165) is 68.6 Å². The largest absolute Gasteiger partial charge is 0.324 e. The van der Waals surface area contributed by atoms with Gasteiger partial charge in [0.1, 0.15) is 0 Å². The maximum atomic E-state index is 13.3. The molecule has 1 aromatic rings. The van der Waals surface area contributed by atoms with Crippen molar-refractivity contribution in [3.63, 3.8) is 0 Å². The Morgan fingerprint density at radius 1 is 1.07 bits per heavy atom. The molecule has 0 saturated heterocycles. The molecule has 170 valence electrons. The lowest BCUT2D eigenvalue weighted by Crippen LogP contribution is -2.51. The molecule has 2 saturated carbocycles. The van der Waals surface area contributed by atoms with Gasteiger partial charge in [-0.1, -0.05) is 37.5 Å². The number of carbonyl (C=O) groups excluding carboxylic acids is 1. The minimum atomic E-state index is -3.66. The van der Waals surface area contributed by atoms with Crippen LogP contribution in [0.15, 0.2) is 10.4 Å². The molecular weight excluding hydrogens is 420 g/mol. The Balaban J connectivity index is 1.73. The summed E-state index contributed by atoms with van der Waals surface area (Å²) in [6.07, 6.45) is 11.4. The molecule has 0 aromatic carbocycles. The Morgan fingerprint density at radius 3 is 2.27 bits per heavy atom. The van der Waals surface area contributed by atoms with E-state index in [1.165, 1.54) is 12.6 Å². The Bertz CT molecular complexity index is 818. The molecule has 0 spiro atoms. The van der Waals surface area contributed by atoms with Crippen LogP contribution in [0.4, 0.5) is 9.93 Å². The Labute approximate surface area is 185 Å². The van der Waals surface area contributed by atoms with Crippen LogP contribution in [0.2, 0.25) is 0 Å². The first-order valence-corrected chi connectivity index (χ1v) is 13.4. The maximum Gasteiger partial charge on any atom is 0.324 e. The van der Waals surface area contributed by atoms with Crippen LogP contribution in [0.1, 0.15) is 85.5 Å². The number of urea groups is 1. The molecule has 1 aromatic heterocycles. The molecule has 30 heavy (non-hydrogen) atoms. The van der Waals surface area contributed by atoms with E-state index in [4.69, 9.17) is 0 Å². The van der Waals surface area contributed by atoms with E-state index in [-0.39, 0.29) is 22.3 Å². The fourth-order valence-corrected chi connectivity index (χ4v) is 7.00. The van der Waals surface area contributed by atoms with Crippen molar-refractivity contribution < 1.29 is 13.2 Å².